The first kappa shape index (κ1) is 24.2. The maximum atomic E-state index is 13.2. The van der Waals surface area contributed by atoms with Crippen molar-refractivity contribution in [1.82, 2.24) is 10.6 Å². The van der Waals surface area contributed by atoms with E-state index in [-0.39, 0.29) is 27.9 Å². The SMILES string of the molecule is COc1ccc(S(=O)(=O)C2CNC(SCC(=O)Nc3ccc(F)c(F)c3)NC2=O)cc1Cl. The van der Waals surface area contributed by atoms with E-state index >= 15 is 0 Å². The maximum Gasteiger partial charge on any atom is 0.241 e. The number of ether oxygens (including phenoxy) is 1. The van der Waals surface area contributed by atoms with Crippen molar-refractivity contribution in [2.24, 2.45) is 0 Å². The Balaban J connectivity index is 1.56. The van der Waals surface area contributed by atoms with Crippen LogP contribution < -0.4 is 20.7 Å². The molecule has 2 unspecified atom stereocenters. The standard InChI is InChI=1S/C19H18ClF2N3O5S2/c1-30-15-5-3-11(7-12(15)20)32(28,29)16-8-23-19(25-18(16)27)31-9-17(26)24-10-2-4-13(21)14(22)6-10/h2-7,16,19,23H,8-9H2,1H3,(H,24,26)(H,25,27). The summed E-state index contributed by atoms with van der Waals surface area (Å²) in [6, 6.07) is 6.86. The van der Waals surface area contributed by atoms with Gasteiger partial charge in [0, 0.05) is 18.3 Å². The second kappa shape index (κ2) is 10.0. The van der Waals surface area contributed by atoms with Gasteiger partial charge in [-0.15, -0.1) is 11.8 Å². The lowest BCUT2D eigenvalue weighted by atomic mass is 10.3. The molecule has 0 spiro atoms. The molecule has 3 N–H and O–H groups in total. The number of anilines is 1. The summed E-state index contributed by atoms with van der Waals surface area (Å²) in [5.74, 6) is -3.21. The summed E-state index contributed by atoms with van der Waals surface area (Å²) in [5, 5.41) is 6.47. The van der Waals surface area contributed by atoms with E-state index in [2.05, 4.69) is 16.0 Å². The fourth-order valence-corrected chi connectivity index (χ4v) is 5.51. The minimum atomic E-state index is -4.03. The predicted octanol–water partition coefficient (Wildman–Crippen LogP) is 2.14. The number of benzene rings is 2. The molecule has 3 rings (SSSR count). The van der Waals surface area contributed by atoms with Crippen LogP contribution in [0, 0.1) is 11.6 Å². The number of hydrogen-bond donors (Lipinski definition) is 3. The maximum absolute atomic E-state index is 13.2. The summed E-state index contributed by atoms with van der Waals surface area (Å²) >= 11 is 6.99. The minimum absolute atomic E-state index is 0.0828. The van der Waals surface area contributed by atoms with Crippen molar-refractivity contribution < 1.29 is 31.5 Å². The summed E-state index contributed by atoms with van der Waals surface area (Å²) in [6.07, 6.45) is 0. The van der Waals surface area contributed by atoms with Crippen molar-refractivity contribution in [2.45, 2.75) is 15.6 Å². The Kier molecular flexibility index (Phi) is 7.59. The average Bonchev–Trinajstić information content (AvgIpc) is 2.74. The Morgan fingerprint density at radius 1 is 1.25 bits per heavy atom. The molecule has 1 aliphatic heterocycles. The summed E-state index contributed by atoms with van der Waals surface area (Å²) in [5.41, 5.74) is -0.636. The molecule has 1 aliphatic rings. The Labute approximate surface area is 192 Å². The van der Waals surface area contributed by atoms with Gasteiger partial charge in [-0.1, -0.05) is 11.6 Å². The van der Waals surface area contributed by atoms with Gasteiger partial charge < -0.3 is 15.4 Å². The molecule has 2 amide bonds. The van der Waals surface area contributed by atoms with Crippen molar-refractivity contribution in [3.05, 3.63) is 53.1 Å². The van der Waals surface area contributed by atoms with Gasteiger partial charge in [-0.25, -0.2) is 17.2 Å². The number of thioether (sulfide) groups is 1. The molecule has 0 radical (unpaired) electrons. The van der Waals surface area contributed by atoms with E-state index in [1.807, 2.05) is 0 Å². The summed E-state index contributed by atoms with van der Waals surface area (Å²) in [7, 11) is -2.64. The molecule has 2 aromatic rings. The summed E-state index contributed by atoms with van der Waals surface area (Å²) in [4.78, 5) is 24.4. The van der Waals surface area contributed by atoms with Gasteiger partial charge in [-0.05, 0) is 30.3 Å². The van der Waals surface area contributed by atoms with Gasteiger partial charge in [0.25, 0.3) is 0 Å². The third-order valence-electron chi connectivity index (χ3n) is 4.47. The first-order valence-electron chi connectivity index (χ1n) is 9.09. The largest absolute Gasteiger partial charge is 0.495 e. The van der Waals surface area contributed by atoms with Crippen LogP contribution in [-0.2, 0) is 19.4 Å². The first-order chi connectivity index (χ1) is 15.1. The quantitative estimate of drug-likeness (QED) is 0.528. The Morgan fingerprint density at radius 2 is 2.00 bits per heavy atom. The molecule has 0 aliphatic carbocycles. The van der Waals surface area contributed by atoms with E-state index in [1.165, 1.54) is 31.4 Å². The molecular formula is C19H18ClF2N3O5S2. The van der Waals surface area contributed by atoms with Crippen LogP contribution in [0.5, 0.6) is 5.75 Å². The smallest absolute Gasteiger partial charge is 0.241 e. The average molecular weight is 506 g/mol. The summed E-state index contributed by atoms with van der Waals surface area (Å²) < 4.78 is 56.9. The number of methoxy groups -OCH3 is 1. The fourth-order valence-electron chi connectivity index (χ4n) is 2.85. The number of hydrogen-bond acceptors (Lipinski definition) is 7. The summed E-state index contributed by atoms with van der Waals surface area (Å²) in [6.45, 7) is -0.180. The number of carbonyl (C=O) groups is 2. The Morgan fingerprint density at radius 3 is 2.62 bits per heavy atom. The first-order valence-corrected chi connectivity index (χ1v) is 12.1. The van der Waals surface area contributed by atoms with Crippen molar-refractivity contribution in [1.29, 1.82) is 0 Å². The van der Waals surface area contributed by atoms with Gasteiger partial charge in [0.1, 0.15) is 11.2 Å². The van der Waals surface area contributed by atoms with E-state index in [0.717, 1.165) is 23.9 Å². The molecule has 0 bridgehead atoms. The minimum Gasteiger partial charge on any atom is -0.495 e. The van der Waals surface area contributed by atoms with Gasteiger partial charge in [-0.3, -0.25) is 14.9 Å². The topological polar surface area (TPSA) is 114 Å². The van der Waals surface area contributed by atoms with Gasteiger partial charge >= 0.3 is 0 Å². The van der Waals surface area contributed by atoms with Crippen LogP contribution in [0.25, 0.3) is 0 Å². The Hall–Kier alpha value is -2.41. The number of rotatable bonds is 7. The fraction of sp³-hybridized carbons (Fsp3) is 0.263. The zero-order chi connectivity index (χ0) is 23.5. The van der Waals surface area contributed by atoms with Gasteiger partial charge in [0.15, 0.2) is 26.7 Å². The highest BCUT2D eigenvalue weighted by molar-refractivity contribution is 8.00. The highest BCUT2D eigenvalue weighted by Crippen LogP contribution is 2.29. The van der Waals surface area contributed by atoms with Gasteiger partial charge in [0.2, 0.25) is 11.8 Å². The van der Waals surface area contributed by atoms with E-state index in [1.54, 1.807) is 0 Å². The normalized spacial score (nSPS) is 18.7. The number of nitrogens with one attached hydrogen (secondary N) is 3. The van der Waals surface area contributed by atoms with Crippen LogP contribution in [-0.4, -0.2) is 50.4 Å². The third-order valence-corrected chi connectivity index (χ3v) is 7.85. The molecule has 2 atom stereocenters. The van der Waals surface area contributed by atoms with Crippen LogP contribution >= 0.6 is 23.4 Å². The molecule has 1 heterocycles. The van der Waals surface area contributed by atoms with Crippen LogP contribution in [0.2, 0.25) is 5.02 Å². The lowest BCUT2D eigenvalue weighted by Gasteiger charge is -2.29. The zero-order valence-electron chi connectivity index (χ0n) is 16.5. The highest BCUT2D eigenvalue weighted by atomic mass is 35.5. The van der Waals surface area contributed by atoms with Crippen LogP contribution in [0.1, 0.15) is 0 Å². The molecule has 0 aromatic heterocycles. The van der Waals surface area contributed by atoms with Crippen molar-refractivity contribution in [3.8, 4) is 5.75 Å². The van der Waals surface area contributed by atoms with Crippen molar-refractivity contribution >= 4 is 50.7 Å². The Bertz CT molecular complexity index is 1150. The van der Waals surface area contributed by atoms with Crippen LogP contribution in [0.15, 0.2) is 41.3 Å². The van der Waals surface area contributed by atoms with Crippen molar-refractivity contribution in [2.75, 3.05) is 24.7 Å². The van der Waals surface area contributed by atoms with E-state index in [4.69, 9.17) is 16.3 Å². The lowest BCUT2D eigenvalue weighted by Crippen LogP contribution is -2.59. The van der Waals surface area contributed by atoms with E-state index in [0.29, 0.717) is 5.75 Å². The van der Waals surface area contributed by atoms with Crippen LogP contribution in [0.3, 0.4) is 0 Å². The monoisotopic (exact) mass is 505 g/mol. The lowest BCUT2D eigenvalue weighted by molar-refractivity contribution is -0.122. The second-order valence-corrected chi connectivity index (χ2v) is 10.2. The molecule has 0 saturated carbocycles. The molecule has 32 heavy (non-hydrogen) atoms. The molecular weight excluding hydrogens is 488 g/mol. The molecule has 8 nitrogen and oxygen atoms in total. The third kappa shape index (κ3) is 5.49. The number of carbonyl (C=O) groups excluding carboxylic acids is 2. The molecule has 1 fully saturated rings. The zero-order valence-corrected chi connectivity index (χ0v) is 18.9. The van der Waals surface area contributed by atoms with Gasteiger partial charge in [-0.2, -0.15) is 0 Å². The number of sulfone groups is 1. The van der Waals surface area contributed by atoms with Crippen molar-refractivity contribution in [3.63, 3.8) is 0 Å². The molecule has 172 valence electrons. The van der Waals surface area contributed by atoms with Gasteiger partial charge in [0.05, 0.1) is 22.8 Å². The predicted molar refractivity (Wildman–Crippen MR) is 116 cm³/mol. The van der Waals surface area contributed by atoms with E-state index < -0.39 is 44.0 Å². The van der Waals surface area contributed by atoms with E-state index in [9.17, 15) is 26.8 Å². The van der Waals surface area contributed by atoms with Crippen LogP contribution in [0.4, 0.5) is 14.5 Å². The number of halogens is 3. The molecule has 2 aromatic carbocycles. The second-order valence-electron chi connectivity index (χ2n) is 6.61. The highest BCUT2D eigenvalue weighted by Gasteiger charge is 2.38. The number of amides is 2. The molecule has 1 saturated heterocycles. The molecule has 13 heteroatoms.